The molecule has 2 rings (SSSR count). The number of hydrogen-bond acceptors (Lipinski definition) is 0. The molecule has 18 heavy (non-hydrogen) atoms. The summed E-state index contributed by atoms with van der Waals surface area (Å²) in [6, 6.07) is 10.6. The summed E-state index contributed by atoms with van der Waals surface area (Å²) in [5, 5.41) is 0.273. The molecule has 0 spiro atoms. The van der Waals surface area contributed by atoms with E-state index in [9.17, 15) is 4.39 Å². The molecule has 0 heterocycles. The molecule has 2 aromatic rings. The van der Waals surface area contributed by atoms with Crippen LogP contribution in [0.15, 0.2) is 36.4 Å². The number of hydrogen-bond donors (Lipinski definition) is 0. The molecule has 0 N–H and O–H groups in total. The maximum Gasteiger partial charge on any atom is 0.126 e. The standard InChI is InChI=1S/C15H13Cl2F/c1-9-3-5-12(13(16)7-9)15(17)11-4-6-14(18)10(2)8-11/h3-8,15H,1-2H3. The van der Waals surface area contributed by atoms with Crippen LogP contribution in [0.4, 0.5) is 4.39 Å². The molecule has 0 fully saturated rings. The molecule has 0 radical (unpaired) electrons. The highest BCUT2D eigenvalue weighted by Gasteiger charge is 2.15. The van der Waals surface area contributed by atoms with Crippen LogP contribution in [0.3, 0.4) is 0 Å². The van der Waals surface area contributed by atoms with Crippen LogP contribution in [0.1, 0.15) is 27.6 Å². The van der Waals surface area contributed by atoms with Crippen molar-refractivity contribution >= 4 is 23.2 Å². The second-order valence-corrected chi connectivity index (χ2v) is 5.24. The Labute approximate surface area is 116 Å². The van der Waals surface area contributed by atoms with E-state index < -0.39 is 0 Å². The normalized spacial score (nSPS) is 12.5. The molecular formula is C15H13Cl2F. The predicted octanol–water partition coefficient (Wildman–Crippen LogP) is 5.42. The third kappa shape index (κ3) is 2.68. The minimum Gasteiger partial charge on any atom is -0.207 e. The highest BCUT2D eigenvalue weighted by Crippen LogP contribution is 2.34. The van der Waals surface area contributed by atoms with Gasteiger partial charge >= 0.3 is 0 Å². The molecule has 3 heteroatoms. The maximum absolute atomic E-state index is 13.2. The van der Waals surface area contributed by atoms with Gasteiger partial charge in [0.2, 0.25) is 0 Å². The van der Waals surface area contributed by atoms with E-state index >= 15 is 0 Å². The fourth-order valence-corrected chi connectivity index (χ4v) is 2.57. The van der Waals surface area contributed by atoms with Crippen molar-refractivity contribution in [2.45, 2.75) is 19.2 Å². The molecule has 0 nitrogen and oxygen atoms in total. The van der Waals surface area contributed by atoms with Crippen molar-refractivity contribution in [1.82, 2.24) is 0 Å². The summed E-state index contributed by atoms with van der Waals surface area (Å²) >= 11 is 12.6. The summed E-state index contributed by atoms with van der Waals surface area (Å²) in [5.41, 5.74) is 3.36. The summed E-state index contributed by atoms with van der Waals surface area (Å²) in [6.45, 7) is 3.69. The van der Waals surface area contributed by atoms with Crippen LogP contribution in [0.2, 0.25) is 5.02 Å². The SMILES string of the molecule is Cc1ccc(C(Cl)c2ccc(F)c(C)c2)c(Cl)c1. The smallest absolute Gasteiger partial charge is 0.126 e. The lowest BCUT2D eigenvalue weighted by molar-refractivity contribution is 0.617. The Balaban J connectivity index is 2.41. The van der Waals surface area contributed by atoms with Gasteiger partial charge in [-0.15, -0.1) is 11.6 Å². The number of aryl methyl sites for hydroxylation is 2. The van der Waals surface area contributed by atoms with E-state index in [-0.39, 0.29) is 11.2 Å². The van der Waals surface area contributed by atoms with E-state index in [1.165, 1.54) is 6.07 Å². The molecular weight excluding hydrogens is 270 g/mol. The molecule has 1 atom stereocenters. The van der Waals surface area contributed by atoms with Gasteiger partial charge < -0.3 is 0 Å². The Morgan fingerprint density at radius 1 is 1.06 bits per heavy atom. The third-order valence-electron chi connectivity index (χ3n) is 2.90. The maximum atomic E-state index is 13.2. The zero-order valence-electron chi connectivity index (χ0n) is 10.2. The molecule has 0 aromatic heterocycles. The Morgan fingerprint density at radius 3 is 2.39 bits per heavy atom. The van der Waals surface area contributed by atoms with Gasteiger partial charge in [-0.25, -0.2) is 4.39 Å². The first-order valence-electron chi connectivity index (χ1n) is 5.65. The minimum absolute atomic E-state index is 0.224. The van der Waals surface area contributed by atoms with Crippen molar-refractivity contribution < 1.29 is 4.39 Å². The van der Waals surface area contributed by atoms with Crippen LogP contribution in [0.5, 0.6) is 0 Å². The quantitative estimate of drug-likeness (QED) is 0.645. The van der Waals surface area contributed by atoms with E-state index in [0.717, 1.165) is 16.7 Å². The Kier molecular flexibility index (Phi) is 3.94. The Hall–Kier alpha value is -1.05. The first-order chi connectivity index (χ1) is 8.49. The van der Waals surface area contributed by atoms with Gasteiger partial charge in [0.25, 0.3) is 0 Å². The molecule has 1 unspecified atom stereocenters. The van der Waals surface area contributed by atoms with Crippen LogP contribution in [-0.4, -0.2) is 0 Å². The minimum atomic E-state index is -0.364. The van der Waals surface area contributed by atoms with E-state index in [2.05, 4.69) is 0 Å². The molecule has 0 aliphatic carbocycles. The Bertz CT molecular complexity index is 579. The van der Waals surface area contributed by atoms with E-state index in [1.54, 1.807) is 19.1 Å². The first kappa shape index (κ1) is 13.4. The molecule has 0 saturated carbocycles. The van der Waals surface area contributed by atoms with E-state index in [1.807, 2.05) is 25.1 Å². The zero-order chi connectivity index (χ0) is 13.3. The van der Waals surface area contributed by atoms with Crippen molar-refractivity contribution in [3.05, 3.63) is 69.5 Å². The second-order valence-electron chi connectivity index (χ2n) is 4.40. The van der Waals surface area contributed by atoms with Crippen LogP contribution in [0.25, 0.3) is 0 Å². The topological polar surface area (TPSA) is 0 Å². The van der Waals surface area contributed by atoms with Gasteiger partial charge in [-0.1, -0.05) is 35.9 Å². The highest BCUT2D eigenvalue weighted by atomic mass is 35.5. The number of alkyl halides is 1. The lowest BCUT2D eigenvalue weighted by Gasteiger charge is -2.13. The average Bonchev–Trinajstić information content (AvgIpc) is 2.32. The monoisotopic (exact) mass is 282 g/mol. The van der Waals surface area contributed by atoms with E-state index in [4.69, 9.17) is 23.2 Å². The summed E-state index contributed by atoms with van der Waals surface area (Å²) in [4.78, 5) is 0. The summed E-state index contributed by atoms with van der Waals surface area (Å²) in [7, 11) is 0. The molecule has 0 aliphatic heterocycles. The number of rotatable bonds is 2. The summed E-state index contributed by atoms with van der Waals surface area (Å²) in [5.74, 6) is -0.224. The van der Waals surface area contributed by atoms with Gasteiger partial charge in [-0.3, -0.25) is 0 Å². The summed E-state index contributed by atoms with van der Waals surface area (Å²) < 4.78 is 13.2. The molecule has 2 aromatic carbocycles. The van der Waals surface area contributed by atoms with Gasteiger partial charge in [0.15, 0.2) is 0 Å². The molecule has 0 bridgehead atoms. The number of benzene rings is 2. The van der Waals surface area contributed by atoms with Gasteiger partial charge in [-0.05, 0) is 48.2 Å². The predicted molar refractivity (Wildman–Crippen MR) is 75.0 cm³/mol. The average molecular weight is 283 g/mol. The van der Waals surface area contributed by atoms with Crippen LogP contribution in [0, 0.1) is 19.7 Å². The van der Waals surface area contributed by atoms with Crippen molar-refractivity contribution in [1.29, 1.82) is 0 Å². The number of halogens is 3. The molecule has 0 saturated heterocycles. The molecule has 0 aliphatic rings. The van der Waals surface area contributed by atoms with Gasteiger partial charge in [0.1, 0.15) is 5.82 Å². The van der Waals surface area contributed by atoms with Crippen molar-refractivity contribution in [3.63, 3.8) is 0 Å². The lowest BCUT2D eigenvalue weighted by atomic mass is 10.0. The fraction of sp³-hybridized carbons (Fsp3) is 0.200. The van der Waals surface area contributed by atoms with Crippen molar-refractivity contribution in [2.24, 2.45) is 0 Å². The third-order valence-corrected chi connectivity index (χ3v) is 3.72. The Morgan fingerprint density at radius 2 is 1.78 bits per heavy atom. The van der Waals surface area contributed by atoms with Crippen LogP contribution in [-0.2, 0) is 0 Å². The van der Waals surface area contributed by atoms with Crippen molar-refractivity contribution in [3.8, 4) is 0 Å². The van der Waals surface area contributed by atoms with Gasteiger partial charge in [0, 0.05) is 5.02 Å². The molecule has 0 amide bonds. The van der Waals surface area contributed by atoms with Crippen LogP contribution < -0.4 is 0 Å². The summed E-state index contributed by atoms with van der Waals surface area (Å²) in [6.07, 6.45) is 0. The van der Waals surface area contributed by atoms with Crippen LogP contribution >= 0.6 is 23.2 Å². The largest absolute Gasteiger partial charge is 0.207 e. The van der Waals surface area contributed by atoms with Gasteiger partial charge in [-0.2, -0.15) is 0 Å². The van der Waals surface area contributed by atoms with Crippen molar-refractivity contribution in [2.75, 3.05) is 0 Å². The molecule has 94 valence electrons. The lowest BCUT2D eigenvalue weighted by Crippen LogP contribution is -1.96. The fourth-order valence-electron chi connectivity index (χ4n) is 1.84. The van der Waals surface area contributed by atoms with E-state index in [0.29, 0.717) is 10.6 Å². The zero-order valence-corrected chi connectivity index (χ0v) is 11.7. The van der Waals surface area contributed by atoms with Gasteiger partial charge in [0.05, 0.1) is 5.38 Å². The highest BCUT2D eigenvalue weighted by molar-refractivity contribution is 6.33. The first-order valence-corrected chi connectivity index (χ1v) is 6.46. The second kappa shape index (κ2) is 5.29.